The van der Waals surface area contributed by atoms with Crippen LogP contribution in [0.1, 0.15) is 30.9 Å². The Morgan fingerprint density at radius 3 is 2.97 bits per heavy atom. The number of aryl methyl sites for hydroxylation is 1. The van der Waals surface area contributed by atoms with Crippen LogP contribution in [0.15, 0.2) is 48.5 Å². The number of amides is 1. The molecule has 2 heterocycles. The maximum Gasteiger partial charge on any atom is 0.270 e. The Morgan fingerprint density at radius 2 is 2.23 bits per heavy atom. The highest BCUT2D eigenvalue weighted by molar-refractivity contribution is 7.22. The Labute approximate surface area is 184 Å². The molecule has 1 aliphatic heterocycles. The number of fused-ring (bicyclic) bond motifs is 1. The zero-order valence-electron chi connectivity index (χ0n) is 17.2. The van der Waals surface area contributed by atoms with E-state index in [1.807, 2.05) is 6.07 Å². The minimum atomic E-state index is -0.450. The average molecular weight is 438 g/mol. The van der Waals surface area contributed by atoms with Crippen LogP contribution in [-0.4, -0.2) is 35.1 Å². The van der Waals surface area contributed by atoms with E-state index in [1.54, 1.807) is 23.1 Å². The molecule has 31 heavy (non-hydrogen) atoms. The molecule has 1 fully saturated rings. The van der Waals surface area contributed by atoms with E-state index >= 15 is 0 Å². The Kier molecular flexibility index (Phi) is 6.39. The van der Waals surface area contributed by atoms with Gasteiger partial charge in [-0.1, -0.05) is 36.5 Å². The van der Waals surface area contributed by atoms with Crippen molar-refractivity contribution in [2.24, 2.45) is 0 Å². The molecule has 1 saturated heterocycles. The van der Waals surface area contributed by atoms with Gasteiger partial charge >= 0.3 is 0 Å². The molecule has 2 aromatic carbocycles. The first-order chi connectivity index (χ1) is 15.0. The van der Waals surface area contributed by atoms with Crippen molar-refractivity contribution >= 4 is 44.4 Å². The van der Waals surface area contributed by atoms with Crippen LogP contribution in [0, 0.1) is 10.1 Å². The van der Waals surface area contributed by atoms with E-state index in [-0.39, 0.29) is 17.7 Å². The highest BCUT2D eigenvalue weighted by Crippen LogP contribution is 2.31. The number of non-ortho nitro benzene ring substituents is 1. The van der Waals surface area contributed by atoms with E-state index in [2.05, 4.69) is 24.0 Å². The minimum Gasteiger partial charge on any atom is -0.376 e. The summed E-state index contributed by atoms with van der Waals surface area (Å²) in [4.78, 5) is 30.0. The molecular weight excluding hydrogens is 414 g/mol. The number of hydrogen-bond acceptors (Lipinski definition) is 6. The number of carbonyl (C=O) groups excluding carboxylic acids is 1. The third-order valence-corrected chi connectivity index (χ3v) is 6.30. The Hall–Kier alpha value is -3.10. The summed E-state index contributed by atoms with van der Waals surface area (Å²) in [6.07, 6.45) is 5.85. The van der Waals surface area contributed by atoms with E-state index in [4.69, 9.17) is 4.74 Å². The van der Waals surface area contributed by atoms with E-state index in [9.17, 15) is 14.9 Å². The normalized spacial score (nSPS) is 16.2. The van der Waals surface area contributed by atoms with Crippen LogP contribution < -0.4 is 4.90 Å². The summed E-state index contributed by atoms with van der Waals surface area (Å²) >= 11 is 1.49. The Bertz CT molecular complexity index is 1130. The molecule has 1 aliphatic rings. The smallest absolute Gasteiger partial charge is 0.270 e. The van der Waals surface area contributed by atoms with E-state index < -0.39 is 4.92 Å². The van der Waals surface area contributed by atoms with E-state index in [0.717, 1.165) is 29.5 Å². The number of benzene rings is 2. The molecule has 0 radical (unpaired) electrons. The van der Waals surface area contributed by atoms with Crippen molar-refractivity contribution in [1.29, 1.82) is 0 Å². The quantitative estimate of drug-likeness (QED) is 0.295. The van der Waals surface area contributed by atoms with Crippen LogP contribution in [0.4, 0.5) is 10.8 Å². The maximum absolute atomic E-state index is 13.1. The fraction of sp³-hybridized carbons (Fsp3) is 0.304. The fourth-order valence-electron chi connectivity index (χ4n) is 3.55. The van der Waals surface area contributed by atoms with Gasteiger partial charge in [0.1, 0.15) is 0 Å². The molecule has 0 saturated carbocycles. The minimum absolute atomic E-state index is 0.0105. The van der Waals surface area contributed by atoms with Crippen LogP contribution in [0.2, 0.25) is 0 Å². The Balaban J connectivity index is 1.62. The van der Waals surface area contributed by atoms with Crippen molar-refractivity contribution < 1.29 is 14.5 Å². The van der Waals surface area contributed by atoms with Crippen molar-refractivity contribution in [3.63, 3.8) is 0 Å². The number of anilines is 1. The highest BCUT2D eigenvalue weighted by Gasteiger charge is 2.25. The standard InChI is InChI=1S/C23H23N3O4S/c1-2-16-8-10-20-21(14-16)31-23(24-20)25(15-19-7-4-12-30-19)22(27)11-9-17-5-3-6-18(13-17)26(28)29/h3,5-6,8-11,13-14,19H,2,4,7,12,15H2,1H3/b11-9+. The van der Waals surface area contributed by atoms with Gasteiger partial charge in [0, 0.05) is 24.8 Å². The number of ether oxygens (including phenoxy) is 1. The molecule has 160 valence electrons. The zero-order chi connectivity index (χ0) is 21.8. The maximum atomic E-state index is 13.1. The molecule has 4 rings (SSSR count). The first-order valence-electron chi connectivity index (χ1n) is 10.3. The van der Waals surface area contributed by atoms with Crippen molar-refractivity contribution in [3.8, 4) is 0 Å². The zero-order valence-corrected chi connectivity index (χ0v) is 18.0. The number of carbonyl (C=O) groups is 1. The second kappa shape index (κ2) is 9.36. The molecule has 0 aliphatic carbocycles. The molecule has 1 aromatic heterocycles. The van der Waals surface area contributed by atoms with Gasteiger partial charge in [-0.25, -0.2) is 4.98 Å². The monoisotopic (exact) mass is 437 g/mol. The van der Waals surface area contributed by atoms with Gasteiger partial charge in [0.05, 0.1) is 27.8 Å². The second-order valence-electron chi connectivity index (χ2n) is 7.42. The number of thiazole rings is 1. The van der Waals surface area contributed by atoms with Crippen LogP contribution in [0.3, 0.4) is 0 Å². The van der Waals surface area contributed by atoms with Crippen LogP contribution in [0.5, 0.6) is 0 Å². The lowest BCUT2D eigenvalue weighted by Crippen LogP contribution is -2.36. The van der Waals surface area contributed by atoms with Gasteiger partial charge in [-0.2, -0.15) is 0 Å². The summed E-state index contributed by atoms with van der Waals surface area (Å²) in [5.41, 5.74) is 2.68. The average Bonchev–Trinajstić information content (AvgIpc) is 3.44. The number of rotatable bonds is 7. The highest BCUT2D eigenvalue weighted by atomic mass is 32.1. The first kappa shape index (κ1) is 21.1. The van der Waals surface area contributed by atoms with Gasteiger partial charge in [0.15, 0.2) is 5.13 Å². The van der Waals surface area contributed by atoms with Gasteiger partial charge in [-0.3, -0.25) is 19.8 Å². The summed E-state index contributed by atoms with van der Waals surface area (Å²) in [6.45, 7) is 3.24. The molecule has 8 heteroatoms. The second-order valence-corrected chi connectivity index (χ2v) is 8.43. The number of nitro benzene ring substituents is 1. The van der Waals surface area contributed by atoms with E-state index in [1.165, 1.54) is 35.1 Å². The van der Waals surface area contributed by atoms with Crippen LogP contribution in [-0.2, 0) is 16.0 Å². The molecule has 1 atom stereocenters. The number of nitrogens with zero attached hydrogens (tertiary/aromatic N) is 3. The van der Waals surface area contributed by atoms with Gasteiger partial charge < -0.3 is 4.74 Å². The SMILES string of the molecule is CCc1ccc2nc(N(CC3CCCO3)C(=O)/C=C/c3cccc([N+](=O)[O-])c3)sc2c1. The number of aromatic nitrogens is 1. The number of hydrogen-bond donors (Lipinski definition) is 0. The molecule has 7 nitrogen and oxygen atoms in total. The first-order valence-corrected chi connectivity index (χ1v) is 11.1. The molecule has 0 spiro atoms. The summed E-state index contributed by atoms with van der Waals surface area (Å²) in [5.74, 6) is -0.225. The van der Waals surface area contributed by atoms with Gasteiger partial charge in [-0.05, 0) is 48.6 Å². The predicted molar refractivity (Wildman–Crippen MR) is 122 cm³/mol. The number of nitro groups is 1. The van der Waals surface area contributed by atoms with E-state index in [0.29, 0.717) is 23.8 Å². The van der Waals surface area contributed by atoms with Crippen molar-refractivity contribution in [3.05, 3.63) is 69.8 Å². The fourth-order valence-corrected chi connectivity index (χ4v) is 4.59. The molecule has 0 N–H and O–H groups in total. The molecule has 0 bridgehead atoms. The molecular formula is C23H23N3O4S. The third-order valence-electron chi connectivity index (χ3n) is 5.26. The molecule has 1 unspecified atom stereocenters. The molecule has 3 aromatic rings. The predicted octanol–water partition coefficient (Wildman–Crippen LogP) is 4.99. The van der Waals surface area contributed by atoms with Crippen molar-refractivity contribution in [2.75, 3.05) is 18.1 Å². The van der Waals surface area contributed by atoms with Crippen LogP contribution in [0.25, 0.3) is 16.3 Å². The van der Waals surface area contributed by atoms with Crippen molar-refractivity contribution in [1.82, 2.24) is 4.98 Å². The summed E-state index contributed by atoms with van der Waals surface area (Å²) in [6, 6.07) is 12.4. The van der Waals surface area contributed by atoms with Crippen molar-refractivity contribution in [2.45, 2.75) is 32.3 Å². The Morgan fingerprint density at radius 1 is 1.35 bits per heavy atom. The van der Waals surface area contributed by atoms with Crippen LogP contribution >= 0.6 is 11.3 Å². The lowest BCUT2D eigenvalue weighted by atomic mass is 10.2. The summed E-state index contributed by atoms with van der Waals surface area (Å²) in [5, 5.41) is 11.6. The lowest BCUT2D eigenvalue weighted by Gasteiger charge is -2.21. The largest absolute Gasteiger partial charge is 0.376 e. The third kappa shape index (κ3) is 4.98. The summed E-state index contributed by atoms with van der Waals surface area (Å²) < 4.78 is 6.80. The van der Waals surface area contributed by atoms with Gasteiger partial charge in [0.25, 0.3) is 11.6 Å². The topological polar surface area (TPSA) is 85.6 Å². The lowest BCUT2D eigenvalue weighted by molar-refractivity contribution is -0.384. The summed E-state index contributed by atoms with van der Waals surface area (Å²) in [7, 11) is 0. The van der Waals surface area contributed by atoms with Gasteiger partial charge in [0.2, 0.25) is 0 Å². The van der Waals surface area contributed by atoms with Gasteiger partial charge in [-0.15, -0.1) is 0 Å². The molecule has 1 amide bonds.